The molecule has 0 spiro atoms. The van der Waals surface area contributed by atoms with Crippen LogP contribution in [0.1, 0.15) is 57.4 Å². The number of hydrogen-bond acceptors (Lipinski definition) is 6. The van der Waals surface area contributed by atoms with Crippen molar-refractivity contribution in [3.8, 4) is 16.9 Å². The maximum atomic E-state index is 13.6. The lowest BCUT2D eigenvalue weighted by molar-refractivity contribution is -0.122. The van der Waals surface area contributed by atoms with Gasteiger partial charge in [-0.15, -0.1) is 0 Å². The summed E-state index contributed by atoms with van der Waals surface area (Å²) in [5.74, 6) is -0.0954. The lowest BCUT2D eigenvalue weighted by Gasteiger charge is -2.20. The molecule has 1 amide bonds. The minimum absolute atomic E-state index is 0.0954. The average molecular weight is 595 g/mol. The zero-order valence-electron chi connectivity index (χ0n) is 22.7. The first kappa shape index (κ1) is 28.7. The molecule has 10 heteroatoms. The van der Waals surface area contributed by atoms with Gasteiger partial charge in [0.25, 0.3) is 5.91 Å². The number of amides is 1. The molecule has 210 valence electrons. The zero-order chi connectivity index (χ0) is 28.1. The third kappa shape index (κ3) is 6.25. The van der Waals surface area contributed by atoms with Crippen molar-refractivity contribution < 1.29 is 13.2 Å². The number of benzene rings is 2. The maximum absolute atomic E-state index is 13.6. The molecule has 2 saturated heterocycles. The summed E-state index contributed by atoms with van der Waals surface area (Å²) in [6, 6.07) is 16.7. The lowest BCUT2D eigenvalue weighted by Crippen LogP contribution is -2.31. The first-order chi connectivity index (χ1) is 19.4. The Morgan fingerprint density at radius 1 is 1.00 bits per heavy atom. The second-order valence-electron chi connectivity index (χ2n) is 10.1. The molecule has 0 unspecified atom stereocenters. The van der Waals surface area contributed by atoms with E-state index in [0.717, 1.165) is 56.2 Å². The highest BCUT2D eigenvalue weighted by atomic mass is 32.2. The Kier molecular flexibility index (Phi) is 9.20. The first-order valence-electron chi connectivity index (χ1n) is 13.9. The van der Waals surface area contributed by atoms with E-state index in [4.69, 9.17) is 17.3 Å². The number of nitrogens with zero attached hydrogens (tertiary/aromatic N) is 4. The average Bonchev–Trinajstić information content (AvgIpc) is 3.35. The van der Waals surface area contributed by atoms with E-state index < -0.39 is 10.0 Å². The number of carbonyl (C=O) groups excluding carboxylic acids is 1. The predicted molar refractivity (Wildman–Crippen MR) is 166 cm³/mol. The van der Waals surface area contributed by atoms with Gasteiger partial charge >= 0.3 is 0 Å². The van der Waals surface area contributed by atoms with E-state index >= 15 is 0 Å². The van der Waals surface area contributed by atoms with E-state index in [0.29, 0.717) is 40.1 Å². The number of hydrogen-bond donors (Lipinski definition) is 0. The summed E-state index contributed by atoms with van der Waals surface area (Å²) in [5, 5.41) is 4.86. The van der Waals surface area contributed by atoms with Gasteiger partial charge in [0.1, 0.15) is 10.0 Å². The molecule has 2 aliphatic rings. The van der Waals surface area contributed by atoms with Crippen molar-refractivity contribution in [2.45, 2.75) is 56.8 Å². The highest BCUT2D eigenvalue weighted by Gasteiger charge is 2.32. The second-order valence-corrected chi connectivity index (χ2v) is 13.7. The predicted octanol–water partition coefficient (Wildman–Crippen LogP) is 6.50. The molecule has 40 heavy (non-hydrogen) atoms. The molecule has 0 atom stereocenters. The summed E-state index contributed by atoms with van der Waals surface area (Å²) in [6.07, 6.45) is 10.6. The number of para-hydroxylation sites is 1. The Balaban J connectivity index is 1.53. The molecule has 3 heterocycles. The van der Waals surface area contributed by atoms with Crippen LogP contribution in [-0.2, 0) is 14.8 Å². The Hall–Kier alpha value is -2.79. The standard InChI is InChI=1S/C30H34N4O3S3/c1-2-3-9-19-33-29(35)27(39-30(33)38)21-24-22-34(25-14-7-6-8-15-25)31-28(24)23-13-12-16-26(20-23)40(36,37)32-17-10-4-5-11-18-32/h6-8,12-16,20-22H,2-5,9-11,17-19H2,1H3. The lowest BCUT2D eigenvalue weighted by atomic mass is 10.1. The minimum atomic E-state index is -3.63. The summed E-state index contributed by atoms with van der Waals surface area (Å²) in [6.45, 7) is 3.83. The molecule has 0 bridgehead atoms. The number of thiocarbonyl (C=S) groups is 1. The minimum Gasteiger partial charge on any atom is -0.293 e. The van der Waals surface area contributed by atoms with Gasteiger partial charge in [0, 0.05) is 37.0 Å². The summed E-state index contributed by atoms with van der Waals surface area (Å²) >= 11 is 6.83. The molecule has 5 rings (SSSR count). The van der Waals surface area contributed by atoms with Crippen LogP contribution in [0.25, 0.3) is 23.0 Å². The van der Waals surface area contributed by atoms with E-state index in [2.05, 4.69) is 6.92 Å². The first-order valence-corrected chi connectivity index (χ1v) is 16.6. The molecular formula is C30H34N4O3S3. The van der Waals surface area contributed by atoms with Gasteiger partial charge in [-0.25, -0.2) is 13.1 Å². The third-order valence-corrected chi connectivity index (χ3v) is 10.5. The largest absolute Gasteiger partial charge is 0.293 e. The molecule has 3 aromatic rings. The molecule has 0 N–H and O–H groups in total. The fourth-order valence-corrected chi connectivity index (χ4v) is 7.88. The Labute approximate surface area is 246 Å². The summed E-state index contributed by atoms with van der Waals surface area (Å²) in [4.78, 5) is 15.7. The van der Waals surface area contributed by atoms with Gasteiger partial charge in [-0.1, -0.05) is 86.9 Å². The Bertz CT molecular complexity index is 1510. The van der Waals surface area contributed by atoms with Crippen molar-refractivity contribution in [1.29, 1.82) is 0 Å². The zero-order valence-corrected chi connectivity index (χ0v) is 25.1. The molecule has 0 aliphatic carbocycles. The number of aromatic nitrogens is 2. The number of sulfonamides is 1. The van der Waals surface area contributed by atoms with Crippen LogP contribution in [0.3, 0.4) is 0 Å². The van der Waals surface area contributed by atoms with Gasteiger partial charge in [0.05, 0.1) is 15.5 Å². The van der Waals surface area contributed by atoms with E-state index in [1.165, 1.54) is 11.8 Å². The molecule has 7 nitrogen and oxygen atoms in total. The van der Waals surface area contributed by atoms with Gasteiger partial charge in [0.15, 0.2) is 0 Å². The van der Waals surface area contributed by atoms with Crippen LogP contribution in [0, 0.1) is 0 Å². The SMILES string of the molecule is CCCCCN1C(=O)C(=Cc2cn(-c3ccccc3)nc2-c2cccc(S(=O)(=O)N3CCCCCC3)c2)SC1=S. The van der Waals surface area contributed by atoms with Crippen LogP contribution in [-0.4, -0.2) is 57.3 Å². The van der Waals surface area contributed by atoms with Crippen LogP contribution in [0.2, 0.25) is 0 Å². The maximum Gasteiger partial charge on any atom is 0.266 e. The molecular weight excluding hydrogens is 561 g/mol. The summed E-state index contributed by atoms with van der Waals surface area (Å²) in [7, 11) is -3.63. The molecule has 0 radical (unpaired) electrons. The Morgan fingerprint density at radius 3 is 2.48 bits per heavy atom. The fraction of sp³-hybridized carbons (Fsp3) is 0.367. The van der Waals surface area contributed by atoms with Gasteiger partial charge in [-0.3, -0.25) is 9.69 Å². The monoisotopic (exact) mass is 594 g/mol. The van der Waals surface area contributed by atoms with E-state index in [1.807, 2.05) is 48.7 Å². The number of carbonyl (C=O) groups is 1. The van der Waals surface area contributed by atoms with E-state index in [-0.39, 0.29) is 10.8 Å². The smallest absolute Gasteiger partial charge is 0.266 e. The van der Waals surface area contributed by atoms with Gasteiger partial charge in [-0.05, 0) is 49.6 Å². The van der Waals surface area contributed by atoms with Crippen molar-refractivity contribution in [3.63, 3.8) is 0 Å². The topological polar surface area (TPSA) is 75.5 Å². The molecule has 1 aromatic heterocycles. The van der Waals surface area contributed by atoms with Gasteiger partial charge < -0.3 is 0 Å². The second kappa shape index (κ2) is 12.8. The third-order valence-electron chi connectivity index (χ3n) is 7.22. The summed E-state index contributed by atoms with van der Waals surface area (Å²) < 4.78 is 31.0. The quantitative estimate of drug-likeness (QED) is 0.160. The van der Waals surface area contributed by atoms with Gasteiger partial charge in [0.2, 0.25) is 10.0 Å². The molecule has 0 saturated carbocycles. The van der Waals surface area contributed by atoms with Gasteiger partial charge in [-0.2, -0.15) is 9.40 Å². The van der Waals surface area contributed by atoms with Crippen LogP contribution in [0.5, 0.6) is 0 Å². The molecule has 2 aliphatic heterocycles. The van der Waals surface area contributed by atoms with E-state index in [1.54, 1.807) is 32.1 Å². The van der Waals surface area contributed by atoms with Crippen molar-refractivity contribution >= 4 is 50.3 Å². The number of unbranched alkanes of at least 4 members (excludes halogenated alkanes) is 2. The van der Waals surface area contributed by atoms with Crippen molar-refractivity contribution in [1.82, 2.24) is 19.0 Å². The van der Waals surface area contributed by atoms with Crippen LogP contribution in [0.4, 0.5) is 0 Å². The fourth-order valence-electron chi connectivity index (χ4n) is 5.02. The van der Waals surface area contributed by atoms with Crippen LogP contribution >= 0.6 is 24.0 Å². The van der Waals surface area contributed by atoms with Crippen LogP contribution < -0.4 is 0 Å². The molecule has 2 fully saturated rings. The van der Waals surface area contributed by atoms with Crippen molar-refractivity contribution in [2.24, 2.45) is 0 Å². The van der Waals surface area contributed by atoms with Crippen molar-refractivity contribution in [3.05, 3.63) is 71.3 Å². The van der Waals surface area contributed by atoms with E-state index in [9.17, 15) is 13.2 Å². The number of rotatable bonds is 9. The highest BCUT2D eigenvalue weighted by Crippen LogP contribution is 2.35. The van der Waals surface area contributed by atoms with Crippen LogP contribution in [0.15, 0.2) is 70.6 Å². The normalized spacial score (nSPS) is 18.0. The Morgan fingerprint density at radius 2 is 1.75 bits per heavy atom. The molecule has 2 aromatic carbocycles. The number of thioether (sulfide) groups is 1. The van der Waals surface area contributed by atoms with Crippen molar-refractivity contribution in [2.75, 3.05) is 19.6 Å². The summed E-state index contributed by atoms with van der Waals surface area (Å²) in [5.41, 5.74) is 2.87. The highest BCUT2D eigenvalue weighted by molar-refractivity contribution is 8.26.